The summed E-state index contributed by atoms with van der Waals surface area (Å²) in [7, 11) is 0. The summed E-state index contributed by atoms with van der Waals surface area (Å²) >= 11 is 5.86. The van der Waals surface area contributed by atoms with Crippen LogP contribution in [0, 0.1) is 12.8 Å². The van der Waals surface area contributed by atoms with Crippen molar-refractivity contribution in [1.82, 2.24) is 5.32 Å². The summed E-state index contributed by atoms with van der Waals surface area (Å²) in [5, 5.41) is 15.3. The normalized spacial score (nSPS) is 12.3. The molecular formula is C14H21ClN2O2. The lowest BCUT2D eigenvalue weighted by molar-refractivity contribution is 0.227. The number of halogens is 1. The standard InChI is InChI=1S/C14H21ClN2O2/c1-9(2)12(6-7-18)16-14(19)17-13-5-4-11(15)8-10(13)3/h4-5,8-9,12,18H,6-7H2,1-3H3,(H2,16,17,19). The molecule has 0 aliphatic rings. The number of hydrogen-bond acceptors (Lipinski definition) is 2. The molecule has 106 valence electrons. The van der Waals surface area contributed by atoms with Crippen molar-refractivity contribution in [2.75, 3.05) is 11.9 Å². The number of carbonyl (C=O) groups excluding carboxylic acids is 1. The number of amides is 2. The minimum atomic E-state index is -0.266. The van der Waals surface area contributed by atoms with Crippen LogP contribution in [0.3, 0.4) is 0 Å². The van der Waals surface area contributed by atoms with E-state index in [1.54, 1.807) is 18.2 Å². The molecular weight excluding hydrogens is 264 g/mol. The van der Waals surface area contributed by atoms with Crippen molar-refractivity contribution < 1.29 is 9.90 Å². The van der Waals surface area contributed by atoms with Crippen molar-refractivity contribution in [3.63, 3.8) is 0 Å². The number of anilines is 1. The monoisotopic (exact) mass is 284 g/mol. The first kappa shape index (κ1) is 15.8. The summed E-state index contributed by atoms with van der Waals surface area (Å²) in [6.45, 7) is 5.96. The molecule has 0 saturated heterocycles. The summed E-state index contributed by atoms with van der Waals surface area (Å²) < 4.78 is 0. The molecule has 1 aromatic carbocycles. The van der Waals surface area contributed by atoms with Crippen LogP contribution in [0.2, 0.25) is 5.02 Å². The highest BCUT2D eigenvalue weighted by molar-refractivity contribution is 6.30. The maximum absolute atomic E-state index is 11.9. The fourth-order valence-electron chi connectivity index (χ4n) is 1.81. The lowest BCUT2D eigenvalue weighted by atomic mass is 10.0. The molecule has 1 atom stereocenters. The van der Waals surface area contributed by atoms with E-state index >= 15 is 0 Å². The minimum Gasteiger partial charge on any atom is -0.396 e. The molecule has 3 N–H and O–H groups in total. The van der Waals surface area contributed by atoms with E-state index in [4.69, 9.17) is 16.7 Å². The van der Waals surface area contributed by atoms with Crippen molar-refractivity contribution in [2.24, 2.45) is 5.92 Å². The van der Waals surface area contributed by atoms with Crippen molar-refractivity contribution in [2.45, 2.75) is 33.2 Å². The molecule has 1 aromatic rings. The third-order valence-electron chi connectivity index (χ3n) is 3.00. The summed E-state index contributed by atoms with van der Waals surface area (Å²) in [6, 6.07) is 4.99. The van der Waals surface area contributed by atoms with Crippen LogP contribution >= 0.6 is 11.6 Å². The van der Waals surface area contributed by atoms with Crippen LogP contribution in [-0.4, -0.2) is 23.8 Å². The van der Waals surface area contributed by atoms with Gasteiger partial charge in [0.25, 0.3) is 0 Å². The van der Waals surface area contributed by atoms with Crippen LogP contribution in [0.4, 0.5) is 10.5 Å². The Morgan fingerprint density at radius 3 is 2.63 bits per heavy atom. The Morgan fingerprint density at radius 2 is 2.11 bits per heavy atom. The molecule has 0 spiro atoms. The molecule has 5 heteroatoms. The van der Waals surface area contributed by atoms with Crippen molar-refractivity contribution in [3.05, 3.63) is 28.8 Å². The molecule has 0 radical (unpaired) electrons. The Balaban J connectivity index is 2.63. The van der Waals surface area contributed by atoms with Crippen LogP contribution in [-0.2, 0) is 0 Å². The van der Waals surface area contributed by atoms with Gasteiger partial charge >= 0.3 is 6.03 Å². The topological polar surface area (TPSA) is 61.4 Å². The third kappa shape index (κ3) is 5.09. The Morgan fingerprint density at radius 1 is 1.42 bits per heavy atom. The van der Waals surface area contributed by atoms with Crippen LogP contribution in [0.5, 0.6) is 0 Å². The van der Waals surface area contributed by atoms with Gasteiger partial charge in [0.05, 0.1) is 0 Å². The first-order chi connectivity index (χ1) is 8.93. The maximum atomic E-state index is 11.9. The second-order valence-electron chi connectivity index (χ2n) is 4.92. The van der Waals surface area contributed by atoms with Crippen LogP contribution in [0.15, 0.2) is 18.2 Å². The SMILES string of the molecule is Cc1cc(Cl)ccc1NC(=O)NC(CCO)C(C)C. The van der Waals surface area contributed by atoms with E-state index in [0.29, 0.717) is 11.4 Å². The van der Waals surface area contributed by atoms with Gasteiger partial charge in [0.15, 0.2) is 0 Å². The minimum absolute atomic E-state index is 0.0439. The molecule has 2 amide bonds. The maximum Gasteiger partial charge on any atom is 0.319 e. The number of urea groups is 1. The van der Waals surface area contributed by atoms with Gasteiger partial charge in [-0.15, -0.1) is 0 Å². The predicted octanol–water partition coefficient (Wildman–Crippen LogP) is 3.18. The summed E-state index contributed by atoms with van der Waals surface area (Å²) in [6.07, 6.45) is 0.546. The number of rotatable bonds is 5. The first-order valence-electron chi connectivity index (χ1n) is 6.38. The van der Waals surface area contributed by atoms with E-state index in [0.717, 1.165) is 11.3 Å². The van der Waals surface area contributed by atoms with Gasteiger partial charge in [-0.2, -0.15) is 0 Å². The molecule has 0 fully saturated rings. The number of aryl methyl sites for hydroxylation is 1. The lowest BCUT2D eigenvalue weighted by Crippen LogP contribution is -2.41. The Kier molecular flexibility index (Phi) is 6.12. The second kappa shape index (κ2) is 7.36. The molecule has 0 bridgehead atoms. The van der Waals surface area contributed by atoms with E-state index < -0.39 is 0 Å². The number of hydrogen-bond donors (Lipinski definition) is 3. The highest BCUT2D eigenvalue weighted by Crippen LogP contribution is 2.19. The number of benzene rings is 1. The Hall–Kier alpha value is -1.26. The fourth-order valence-corrected chi connectivity index (χ4v) is 2.03. The van der Waals surface area contributed by atoms with Crippen LogP contribution < -0.4 is 10.6 Å². The first-order valence-corrected chi connectivity index (χ1v) is 6.76. The lowest BCUT2D eigenvalue weighted by Gasteiger charge is -2.22. The number of nitrogens with one attached hydrogen (secondary N) is 2. The zero-order valence-electron chi connectivity index (χ0n) is 11.5. The van der Waals surface area contributed by atoms with Gasteiger partial charge < -0.3 is 15.7 Å². The van der Waals surface area contributed by atoms with Crippen molar-refractivity contribution >= 4 is 23.3 Å². The van der Waals surface area contributed by atoms with E-state index in [1.807, 2.05) is 20.8 Å². The zero-order chi connectivity index (χ0) is 14.4. The molecule has 0 saturated carbocycles. The smallest absolute Gasteiger partial charge is 0.319 e. The van der Waals surface area contributed by atoms with E-state index in [1.165, 1.54) is 0 Å². The van der Waals surface area contributed by atoms with Gasteiger partial charge in [0.2, 0.25) is 0 Å². The van der Waals surface area contributed by atoms with Gasteiger partial charge in [-0.1, -0.05) is 25.4 Å². The van der Waals surface area contributed by atoms with Crippen LogP contribution in [0.1, 0.15) is 25.8 Å². The summed E-state index contributed by atoms with van der Waals surface area (Å²) in [5.74, 6) is 0.268. The van der Waals surface area contributed by atoms with E-state index in [-0.39, 0.29) is 24.6 Å². The fraction of sp³-hybridized carbons (Fsp3) is 0.500. The largest absolute Gasteiger partial charge is 0.396 e. The highest BCUT2D eigenvalue weighted by atomic mass is 35.5. The average molecular weight is 285 g/mol. The number of aliphatic hydroxyl groups excluding tert-OH is 1. The van der Waals surface area contributed by atoms with Crippen molar-refractivity contribution in [3.8, 4) is 0 Å². The molecule has 1 rings (SSSR count). The highest BCUT2D eigenvalue weighted by Gasteiger charge is 2.15. The van der Waals surface area contributed by atoms with Gasteiger partial charge in [-0.25, -0.2) is 4.79 Å². The molecule has 1 unspecified atom stereocenters. The number of carbonyl (C=O) groups is 1. The van der Waals surface area contributed by atoms with Crippen LogP contribution in [0.25, 0.3) is 0 Å². The zero-order valence-corrected chi connectivity index (χ0v) is 12.3. The summed E-state index contributed by atoms with van der Waals surface area (Å²) in [5.41, 5.74) is 1.64. The van der Waals surface area contributed by atoms with E-state index in [2.05, 4.69) is 10.6 Å². The molecule has 0 aliphatic carbocycles. The van der Waals surface area contributed by atoms with Gasteiger partial charge in [-0.3, -0.25) is 0 Å². The van der Waals surface area contributed by atoms with Gasteiger partial charge in [-0.05, 0) is 43.0 Å². The number of aliphatic hydroxyl groups is 1. The molecule has 0 aliphatic heterocycles. The quantitative estimate of drug-likeness (QED) is 0.778. The molecule has 0 aromatic heterocycles. The van der Waals surface area contributed by atoms with Crippen molar-refractivity contribution in [1.29, 1.82) is 0 Å². The van der Waals surface area contributed by atoms with E-state index in [9.17, 15) is 4.79 Å². The van der Waals surface area contributed by atoms with Gasteiger partial charge in [0.1, 0.15) is 0 Å². The average Bonchev–Trinajstić information content (AvgIpc) is 2.32. The molecule has 4 nitrogen and oxygen atoms in total. The van der Waals surface area contributed by atoms with Gasteiger partial charge in [0, 0.05) is 23.4 Å². The predicted molar refractivity (Wildman–Crippen MR) is 78.7 cm³/mol. The Bertz CT molecular complexity index is 435. The Labute approximate surface area is 119 Å². The third-order valence-corrected chi connectivity index (χ3v) is 3.23. The summed E-state index contributed by atoms with van der Waals surface area (Å²) in [4.78, 5) is 11.9. The molecule has 0 heterocycles. The second-order valence-corrected chi connectivity index (χ2v) is 5.36. The molecule has 19 heavy (non-hydrogen) atoms.